The number of halogens is 2. The lowest BCUT2D eigenvalue weighted by Crippen LogP contribution is -2.27. The van der Waals surface area contributed by atoms with Crippen molar-refractivity contribution in [1.82, 2.24) is 4.98 Å². The van der Waals surface area contributed by atoms with Crippen molar-refractivity contribution in [2.24, 2.45) is 0 Å². The van der Waals surface area contributed by atoms with E-state index in [1.807, 2.05) is 32.0 Å². The summed E-state index contributed by atoms with van der Waals surface area (Å²) in [5, 5.41) is 0.955. The van der Waals surface area contributed by atoms with Crippen molar-refractivity contribution in [3.05, 3.63) is 75.5 Å². The van der Waals surface area contributed by atoms with E-state index in [1.165, 1.54) is 0 Å². The lowest BCUT2D eigenvalue weighted by atomic mass is 10.00. The molecule has 0 N–H and O–H groups in total. The number of para-hydroxylation sites is 1. The first-order valence-corrected chi connectivity index (χ1v) is 9.42. The summed E-state index contributed by atoms with van der Waals surface area (Å²) in [4.78, 5) is 18.9. The van der Waals surface area contributed by atoms with E-state index in [4.69, 9.17) is 27.9 Å². The number of aryl methyl sites for hydroxylation is 2. The molecule has 28 heavy (non-hydrogen) atoms. The van der Waals surface area contributed by atoms with Crippen LogP contribution in [-0.2, 0) is 0 Å². The minimum Gasteiger partial charge on any atom is -0.495 e. The third-order valence-corrected chi connectivity index (χ3v) is 5.18. The predicted molar refractivity (Wildman–Crippen MR) is 115 cm³/mol. The molecule has 0 aliphatic heterocycles. The van der Waals surface area contributed by atoms with Crippen LogP contribution in [-0.4, -0.2) is 25.0 Å². The molecule has 3 rings (SSSR count). The summed E-state index contributed by atoms with van der Waals surface area (Å²) in [6.07, 6.45) is 1.67. The molecule has 1 amide bonds. The fourth-order valence-corrected chi connectivity index (χ4v) is 3.62. The van der Waals surface area contributed by atoms with Gasteiger partial charge in [0.2, 0.25) is 0 Å². The molecular weight excluding hydrogens is 395 g/mol. The second-order valence-electron chi connectivity index (χ2n) is 6.51. The van der Waals surface area contributed by atoms with Crippen molar-refractivity contribution >= 4 is 34.8 Å². The Morgan fingerprint density at radius 3 is 2.46 bits per heavy atom. The van der Waals surface area contributed by atoms with Crippen molar-refractivity contribution in [1.29, 1.82) is 0 Å². The van der Waals surface area contributed by atoms with Crippen molar-refractivity contribution in [3.8, 4) is 16.9 Å². The molecule has 3 aromatic rings. The van der Waals surface area contributed by atoms with Crippen molar-refractivity contribution in [3.63, 3.8) is 0 Å². The van der Waals surface area contributed by atoms with Gasteiger partial charge in [0.1, 0.15) is 10.9 Å². The molecule has 4 nitrogen and oxygen atoms in total. The van der Waals surface area contributed by atoms with Gasteiger partial charge in [0, 0.05) is 35.0 Å². The molecule has 0 unspecified atom stereocenters. The Bertz CT molecular complexity index is 1050. The van der Waals surface area contributed by atoms with E-state index >= 15 is 0 Å². The Hall–Kier alpha value is -2.56. The van der Waals surface area contributed by atoms with Crippen LogP contribution in [0.1, 0.15) is 21.5 Å². The van der Waals surface area contributed by atoms with Crippen LogP contribution in [0, 0.1) is 13.8 Å². The predicted octanol–water partition coefficient (Wildman–Crippen LogP) is 5.96. The minimum absolute atomic E-state index is 0.162. The Morgan fingerprint density at radius 2 is 1.79 bits per heavy atom. The molecule has 2 aromatic carbocycles. The number of hydrogen-bond donors (Lipinski definition) is 0. The number of carbonyl (C=O) groups is 1. The number of amides is 1. The van der Waals surface area contributed by atoms with Gasteiger partial charge in [-0.05, 0) is 55.3 Å². The molecule has 144 valence electrons. The van der Waals surface area contributed by atoms with Gasteiger partial charge >= 0.3 is 0 Å². The standard InChI is InChI=1S/C22H20Cl2N2O2/c1-13-6-5-7-19(28-4)21(13)26(3)22(27)15-8-9-18(23)16(11-15)17-12-25-20(24)10-14(17)2/h5-12H,1-4H3. The molecule has 0 radical (unpaired) electrons. The summed E-state index contributed by atoms with van der Waals surface area (Å²) < 4.78 is 5.44. The number of pyridine rings is 1. The molecule has 0 aliphatic rings. The van der Waals surface area contributed by atoms with Gasteiger partial charge in [-0.2, -0.15) is 0 Å². The van der Waals surface area contributed by atoms with Gasteiger partial charge in [-0.3, -0.25) is 4.79 Å². The molecule has 0 aliphatic carbocycles. The molecule has 0 atom stereocenters. The van der Waals surface area contributed by atoms with Crippen LogP contribution in [0.3, 0.4) is 0 Å². The average molecular weight is 415 g/mol. The normalized spacial score (nSPS) is 10.6. The summed E-state index contributed by atoms with van der Waals surface area (Å²) in [7, 11) is 3.32. The molecule has 6 heteroatoms. The molecule has 0 spiro atoms. The van der Waals surface area contributed by atoms with Crippen molar-refractivity contribution in [2.75, 3.05) is 19.1 Å². The highest BCUT2D eigenvalue weighted by atomic mass is 35.5. The number of hydrogen-bond acceptors (Lipinski definition) is 3. The highest BCUT2D eigenvalue weighted by Crippen LogP contribution is 2.34. The zero-order valence-corrected chi connectivity index (χ0v) is 17.6. The minimum atomic E-state index is -0.162. The topological polar surface area (TPSA) is 42.4 Å². The molecule has 0 fully saturated rings. The molecule has 1 aromatic heterocycles. The smallest absolute Gasteiger partial charge is 0.258 e. The number of nitrogens with zero attached hydrogens (tertiary/aromatic N) is 2. The average Bonchev–Trinajstić information content (AvgIpc) is 2.67. The Labute approximate surface area is 174 Å². The number of aromatic nitrogens is 1. The largest absolute Gasteiger partial charge is 0.495 e. The molecule has 1 heterocycles. The first kappa shape index (κ1) is 20.2. The lowest BCUT2D eigenvalue weighted by Gasteiger charge is -2.22. The highest BCUT2D eigenvalue weighted by Gasteiger charge is 2.20. The zero-order valence-electron chi connectivity index (χ0n) is 16.1. The SMILES string of the molecule is COc1cccc(C)c1N(C)C(=O)c1ccc(Cl)c(-c2cnc(Cl)cc2C)c1. The summed E-state index contributed by atoms with van der Waals surface area (Å²) in [5.74, 6) is 0.480. The van der Waals surface area contributed by atoms with E-state index < -0.39 is 0 Å². The second-order valence-corrected chi connectivity index (χ2v) is 7.30. The summed E-state index contributed by atoms with van der Waals surface area (Å²) in [6, 6.07) is 12.7. The van der Waals surface area contributed by atoms with Gasteiger partial charge in [-0.15, -0.1) is 0 Å². The Balaban J connectivity index is 2.04. The fraction of sp³-hybridized carbons (Fsp3) is 0.182. The Morgan fingerprint density at radius 1 is 1.04 bits per heavy atom. The van der Waals surface area contributed by atoms with Gasteiger partial charge in [0.05, 0.1) is 12.8 Å². The van der Waals surface area contributed by atoms with E-state index in [-0.39, 0.29) is 5.91 Å². The molecule has 0 bridgehead atoms. The number of carbonyl (C=O) groups excluding carboxylic acids is 1. The first-order valence-electron chi connectivity index (χ1n) is 8.67. The van der Waals surface area contributed by atoms with E-state index in [0.29, 0.717) is 21.5 Å². The Kier molecular flexibility index (Phi) is 5.92. The van der Waals surface area contributed by atoms with Crippen molar-refractivity contribution < 1.29 is 9.53 Å². The quantitative estimate of drug-likeness (QED) is 0.494. The zero-order chi connectivity index (χ0) is 20.4. The van der Waals surface area contributed by atoms with E-state index in [0.717, 1.165) is 27.9 Å². The second kappa shape index (κ2) is 8.21. The summed E-state index contributed by atoms with van der Waals surface area (Å²) in [5.41, 5.74) is 4.69. The number of ether oxygens (including phenoxy) is 1. The van der Waals surface area contributed by atoms with E-state index in [1.54, 1.807) is 49.5 Å². The van der Waals surface area contributed by atoms with Crippen LogP contribution in [0.15, 0.2) is 48.7 Å². The van der Waals surface area contributed by atoms with Crippen LogP contribution in [0.5, 0.6) is 5.75 Å². The van der Waals surface area contributed by atoms with E-state index in [2.05, 4.69) is 4.98 Å². The molecule has 0 saturated heterocycles. The van der Waals surface area contributed by atoms with Gasteiger partial charge in [0.15, 0.2) is 0 Å². The number of rotatable bonds is 4. The van der Waals surface area contributed by atoms with Crippen molar-refractivity contribution in [2.45, 2.75) is 13.8 Å². The third kappa shape index (κ3) is 3.84. The van der Waals surface area contributed by atoms with Gasteiger partial charge < -0.3 is 9.64 Å². The maximum absolute atomic E-state index is 13.2. The monoisotopic (exact) mass is 414 g/mol. The molecular formula is C22H20Cl2N2O2. The van der Waals surface area contributed by atoms with Crippen LogP contribution >= 0.6 is 23.2 Å². The van der Waals surface area contributed by atoms with Crippen LogP contribution in [0.25, 0.3) is 11.1 Å². The van der Waals surface area contributed by atoms with Crippen LogP contribution in [0.2, 0.25) is 10.2 Å². The number of methoxy groups -OCH3 is 1. The van der Waals surface area contributed by atoms with Gasteiger partial charge in [-0.25, -0.2) is 4.98 Å². The number of anilines is 1. The summed E-state index contributed by atoms with van der Waals surface area (Å²) >= 11 is 12.4. The third-order valence-electron chi connectivity index (χ3n) is 4.64. The first-order chi connectivity index (χ1) is 13.3. The van der Waals surface area contributed by atoms with Gasteiger partial charge in [-0.1, -0.05) is 35.3 Å². The highest BCUT2D eigenvalue weighted by molar-refractivity contribution is 6.33. The summed E-state index contributed by atoms with van der Waals surface area (Å²) in [6.45, 7) is 3.87. The van der Waals surface area contributed by atoms with E-state index in [9.17, 15) is 4.79 Å². The number of benzene rings is 2. The van der Waals surface area contributed by atoms with Crippen LogP contribution in [0.4, 0.5) is 5.69 Å². The lowest BCUT2D eigenvalue weighted by molar-refractivity contribution is 0.0992. The van der Waals surface area contributed by atoms with Crippen LogP contribution < -0.4 is 9.64 Å². The maximum Gasteiger partial charge on any atom is 0.258 e. The molecule has 0 saturated carbocycles. The maximum atomic E-state index is 13.2. The fourth-order valence-electron chi connectivity index (χ4n) is 3.19. The van der Waals surface area contributed by atoms with Gasteiger partial charge in [0.25, 0.3) is 5.91 Å².